The van der Waals surface area contributed by atoms with Gasteiger partial charge >= 0.3 is 5.97 Å². The fourth-order valence-corrected chi connectivity index (χ4v) is 0.883. The van der Waals surface area contributed by atoms with Crippen molar-refractivity contribution in [2.45, 2.75) is 13.3 Å². The lowest BCUT2D eigenvalue weighted by Crippen LogP contribution is -2.26. The molecule has 0 bridgehead atoms. The van der Waals surface area contributed by atoms with Crippen molar-refractivity contribution in [1.82, 2.24) is 10.3 Å². The highest BCUT2D eigenvalue weighted by Crippen LogP contribution is 2.03. The van der Waals surface area contributed by atoms with Crippen molar-refractivity contribution < 1.29 is 19.1 Å². The Kier molecular flexibility index (Phi) is 3.22. The van der Waals surface area contributed by atoms with Crippen molar-refractivity contribution in [1.29, 1.82) is 0 Å². The van der Waals surface area contributed by atoms with E-state index in [1.807, 2.05) is 0 Å². The SMILES string of the molecule is Cc1ncoc1C(=O)NCCC(=O)O. The maximum Gasteiger partial charge on any atom is 0.305 e. The maximum absolute atomic E-state index is 11.3. The second kappa shape index (κ2) is 4.40. The summed E-state index contributed by atoms with van der Waals surface area (Å²) in [5.41, 5.74) is 0.484. The molecule has 1 aromatic rings. The van der Waals surface area contributed by atoms with Crippen LogP contribution >= 0.6 is 0 Å². The molecule has 1 aromatic heterocycles. The molecular formula is C8H10N2O4. The first kappa shape index (κ1) is 10.2. The average molecular weight is 198 g/mol. The lowest BCUT2D eigenvalue weighted by molar-refractivity contribution is -0.136. The van der Waals surface area contributed by atoms with E-state index in [-0.39, 0.29) is 18.7 Å². The standard InChI is InChI=1S/C8H10N2O4/c1-5-7(14-4-10-5)8(13)9-3-2-6(11)12/h4H,2-3H2,1H3,(H,9,13)(H,11,12). The van der Waals surface area contributed by atoms with Crippen LogP contribution in [0, 0.1) is 6.92 Å². The van der Waals surface area contributed by atoms with E-state index in [1.165, 1.54) is 6.39 Å². The van der Waals surface area contributed by atoms with E-state index < -0.39 is 11.9 Å². The summed E-state index contributed by atoms with van der Waals surface area (Å²) in [6.45, 7) is 1.71. The van der Waals surface area contributed by atoms with Crippen molar-refractivity contribution >= 4 is 11.9 Å². The quantitative estimate of drug-likeness (QED) is 0.720. The number of amides is 1. The van der Waals surface area contributed by atoms with Crippen molar-refractivity contribution in [3.8, 4) is 0 Å². The van der Waals surface area contributed by atoms with Crippen LogP contribution in [0.3, 0.4) is 0 Å². The van der Waals surface area contributed by atoms with Crippen LogP contribution in [0.1, 0.15) is 22.7 Å². The van der Waals surface area contributed by atoms with Crippen molar-refractivity contribution in [2.24, 2.45) is 0 Å². The Morgan fingerprint density at radius 2 is 2.36 bits per heavy atom. The van der Waals surface area contributed by atoms with Gasteiger partial charge in [-0.3, -0.25) is 9.59 Å². The second-order valence-electron chi connectivity index (χ2n) is 2.67. The van der Waals surface area contributed by atoms with Crippen LogP contribution < -0.4 is 5.32 Å². The number of carboxylic acids is 1. The van der Waals surface area contributed by atoms with Gasteiger partial charge in [0.2, 0.25) is 5.76 Å². The summed E-state index contributed by atoms with van der Waals surface area (Å²) in [6.07, 6.45) is 1.06. The van der Waals surface area contributed by atoms with Crippen molar-refractivity contribution in [2.75, 3.05) is 6.54 Å². The van der Waals surface area contributed by atoms with Gasteiger partial charge in [0.1, 0.15) is 0 Å². The third kappa shape index (κ3) is 2.58. The van der Waals surface area contributed by atoms with Crippen LogP contribution in [-0.4, -0.2) is 28.5 Å². The normalized spacial score (nSPS) is 9.79. The third-order valence-corrected chi connectivity index (χ3v) is 1.58. The molecule has 6 nitrogen and oxygen atoms in total. The molecule has 1 rings (SSSR count). The van der Waals surface area contributed by atoms with E-state index in [9.17, 15) is 9.59 Å². The molecule has 0 aliphatic carbocycles. The Bertz CT molecular complexity index is 345. The first-order valence-corrected chi connectivity index (χ1v) is 4.01. The Morgan fingerprint density at radius 1 is 1.64 bits per heavy atom. The fourth-order valence-electron chi connectivity index (χ4n) is 0.883. The second-order valence-corrected chi connectivity index (χ2v) is 2.67. The molecule has 1 heterocycles. The molecule has 14 heavy (non-hydrogen) atoms. The zero-order valence-electron chi connectivity index (χ0n) is 7.61. The molecule has 0 unspecified atom stereocenters. The Morgan fingerprint density at radius 3 is 2.86 bits per heavy atom. The van der Waals surface area contributed by atoms with Gasteiger partial charge in [0.25, 0.3) is 5.91 Å². The zero-order chi connectivity index (χ0) is 10.6. The Labute approximate surface area is 79.9 Å². The predicted molar refractivity (Wildman–Crippen MR) is 45.8 cm³/mol. The van der Waals surface area contributed by atoms with Crippen LogP contribution in [0.25, 0.3) is 0 Å². The van der Waals surface area contributed by atoms with Crippen molar-refractivity contribution in [3.63, 3.8) is 0 Å². The number of hydrogen-bond donors (Lipinski definition) is 2. The number of aryl methyl sites for hydroxylation is 1. The number of carboxylic acid groups (broad SMARTS) is 1. The van der Waals surface area contributed by atoms with Crippen molar-refractivity contribution in [3.05, 3.63) is 17.8 Å². The highest BCUT2D eigenvalue weighted by atomic mass is 16.4. The van der Waals surface area contributed by atoms with E-state index in [4.69, 9.17) is 9.52 Å². The first-order valence-electron chi connectivity index (χ1n) is 4.01. The smallest absolute Gasteiger partial charge is 0.305 e. The minimum Gasteiger partial charge on any atom is -0.481 e. The average Bonchev–Trinajstić information content (AvgIpc) is 2.50. The van der Waals surface area contributed by atoms with Crippen LogP contribution in [0.2, 0.25) is 0 Å². The summed E-state index contributed by atoms with van der Waals surface area (Å²) in [6, 6.07) is 0. The largest absolute Gasteiger partial charge is 0.481 e. The van der Waals surface area contributed by atoms with Gasteiger partial charge < -0.3 is 14.8 Å². The zero-order valence-corrected chi connectivity index (χ0v) is 7.61. The summed E-state index contributed by atoms with van der Waals surface area (Å²) in [5, 5.41) is 10.7. The number of carbonyl (C=O) groups excluding carboxylic acids is 1. The van der Waals surface area contributed by atoms with Crippen LogP contribution in [0.15, 0.2) is 10.8 Å². The third-order valence-electron chi connectivity index (χ3n) is 1.58. The van der Waals surface area contributed by atoms with Gasteiger partial charge in [-0.05, 0) is 6.92 Å². The molecular weight excluding hydrogens is 188 g/mol. The predicted octanol–water partition coefficient (Wildman–Crippen LogP) is 0.188. The van der Waals surface area contributed by atoms with Gasteiger partial charge in [-0.15, -0.1) is 0 Å². The number of nitrogens with zero attached hydrogens (tertiary/aromatic N) is 1. The molecule has 0 saturated carbocycles. The molecule has 2 N–H and O–H groups in total. The molecule has 0 radical (unpaired) electrons. The summed E-state index contributed by atoms with van der Waals surface area (Å²) in [7, 11) is 0. The minimum absolute atomic E-state index is 0.0777. The van der Waals surface area contributed by atoms with E-state index in [0.29, 0.717) is 5.69 Å². The van der Waals surface area contributed by atoms with E-state index in [0.717, 1.165) is 0 Å². The molecule has 0 fully saturated rings. The highest BCUT2D eigenvalue weighted by Gasteiger charge is 2.13. The summed E-state index contributed by atoms with van der Waals surface area (Å²) in [4.78, 5) is 25.2. The molecule has 0 aliphatic rings. The van der Waals surface area contributed by atoms with Crippen LogP contribution in [0.4, 0.5) is 0 Å². The van der Waals surface area contributed by atoms with Gasteiger partial charge in [0, 0.05) is 6.54 Å². The lowest BCUT2D eigenvalue weighted by Gasteiger charge is -1.99. The number of oxazole rings is 1. The topological polar surface area (TPSA) is 92.4 Å². The Hall–Kier alpha value is -1.85. The number of aliphatic carboxylic acids is 1. The molecule has 0 atom stereocenters. The van der Waals surface area contributed by atoms with Crippen LogP contribution in [-0.2, 0) is 4.79 Å². The monoisotopic (exact) mass is 198 g/mol. The number of rotatable bonds is 4. The Balaban J connectivity index is 2.44. The molecule has 1 amide bonds. The molecule has 0 aromatic carbocycles. The van der Waals surface area contributed by atoms with Gasteiger partial charge in [-0.25, -0.2) is 4.98 Å². The van der Waals surface area contributed by atoms with Crippen LogP contribution in [0.5, 0.6) is 0 Å². The maximum atomic E-state index is 11.3. The molecule has 6 heteroatoms. The van der Waals surface area contributed by atoms with Gasteiger partial charge in [-0.1, -0.05) is 0 Å². The number of aromatic nitrogens is 1. The lowest BCUT2D eigenvalue weighted by atomic mass is 10.3. The van der Waals surface area contributed by atoms with Gasteiger partial charge in [-0.2, -0.15) is 0 Å². The minimum atomic E-state index is -0.959. The number of carbonyl (C=O) groups is 2. The molecule has 0 aliphatic heterocycles. The van der Waals surface area contributed by atoms with E-state index in [1.54, 1.807) is 6.92 Å². The summed E-state index contributed by atoms with van der Waals surface area (Å²) in [5.74, 6) is -1.28. The highest BCUT2D eigenvalue weighted by molar-refractivity contribution is 5.92. The number of hydrogen-bond acceptors (Lipinski definition) is 4. The fraction of sp³-hybridized carbons (Fsp3) is 0.375. The first-order chi connectivity index (χ1) is 6.61. The molecule has 0 spiro atoms. The van der Waals surface area contributed by atoms with E-state index >= 15 is 0 Å². The van der Waals surface area contributed by atoms with E-state index in [2.05, 4.69) is 10.3 Å². The van der Waals surface area contributed by atoms with Gasteiger partial charge in [0.05, 0.1) is 12.1 Å². The summed E-state index contributed by atoms with van der Waals surface area (Å²) >= 11 is 0. The number of nitrogens with one attached hydrogen (secondary N) is 1. The molecule has 0 saturated heterocycles. The molecule has 76 valence electrons. The summed E-state index contributed by atoms with van der Waals surface area (Å²) < 4.78 is 4.81. The van der Waals surface area contributed by atoms with Gasteiger partial charge in [0.15, 0.2) is 6.39 Å².